The smallest absolute Gasteiger partial charge is 0.248 e. The highest BCUT2D eigenvalue weighted by Crippen LogP contribution is 2.26. The van der Waals surface area contributed by atoms with Gasteiger partial charge in [-0.15, -0.1) is 0 Å². The van der Waals surface area contributed by atoms with Crippen molar-refractivity contribution in [3.63, 3.8) is 0 Å². The van der Waals surface area contributed by atoms with Crippen LogP contribution in [0.2, 0.25) is 0 Å². The van der Waals surface area contributed by atoms with Crippen molar-refractivity contribution in [2.45, 2.75) is 46.0 Å². The van der Waals surface area contributed by atoms with Crippen molar-refractivity contribution in [2.75, 3.05) is 11.9 Å². The van der Waals surface area contributed by atoms with Gasteiger partial charge in [-0.05, 0) is 32.0 Å². The Bertz CT molecular complexity index is 1550. The molecule has 12 heteroatoms. The number of nitrogens with one attached hydrogen (secondary N) is 1. The lowest BCUT2D eigenvalue weighted by atomic mass is 10.1. The zero-order valence-corrected chi connectivity index (χ0v) is 21.1. The summed E-state index contributed by atoms with van der Waals surface area (Å²) in [6.45, 7) is 4.44. The fourth-order valence-electron chi connectivity index (χ4n) is 4.49. The number of nitrogens with zero attached hydrogens (tertiary/aromatic N) is 7. The summed E-state index contributed by atoms with van der Waals surface area (Å²) < 4.78 is 15.8. The number of likely N-dealkylation sites (tertiary alicyclic amines) is 1. The number of pyridine rings is 2. The molecule has 11 nitrogen and oxygen atoms in total. The number of aromatic nitrogens is 6. The summed E-state index contributed by atoms with van der Waals surface area (Å²) in [5, 5.41) is 7.54. The summed E-state index contributed by atoms with van der Waals surface area (Å²) in [5.41, 5.74) is 2.56. The van der Waals surface area contributed by atoms with E-state index in [2.05, 4.69) is 30.4 Å². The molecule has 38 heavy (non-hydrogen) atoms. The Hall–Kier alpha value is -4.61. The molecule has 0 bridgehead atoms. The number of aryl methyl sites for hydroxylation is 2. The normalized spacial score (nSPS) is 17.1. The number of fused-ring (bicyclic) bond motifs is 1. The number of carbonyl (C=O) groups excluding carboxylic acids is 3. The minimum Gasteiger partial charge on any atom is -0.326 e. The first-order chi connectivity index (χ1) is 18.2. The highest BCUT2D eigenvalue weighted by atomic mass is 19.1. The number of amides is 2. The number of alkyl halides is 1. The number of halogens is 1. The molecule has 0 spiro atoms. The van der Waals surface area contributed by atoms with Gasteiger partial charge in [0, 0.05) is 42.4 Å². The molecule has 1 fully saturated rings. The molecular weight excluding hydrogens is 491 g/mol. The average molecular weight is 517 g/mol. The van der Waals surface area contributed by atoms with Crippen LogP contribution in [0.5, 0.6) is 0 Å². The van der Waals surface area contributed by atoms with Gasteiger partial charge < -0.3 is 10.2 Å². The number of Topliss-reactive ketones (excluding diaryl/α,β-unsaturated/α-hetero) is 1. The number of hydrogen-bond acceptors (Lipinski definition) is 8. The van der Waals surface area contributed by atoms with Crippen LogP contribution in [0.3, 0.4) is 0 Å². The molecule has 1 N–H and O–H groups in total. The Morgan fingerprint density at radius 2 is 1.87 bits per heavy atom. The van der Waals surface area contributed by atoms with Gasteiger partial charge in [0.05, 0.1) is 24.0 Å². The Morgan fingerprint density at radius 1 is 1.11 bits per heavy atom. The van der Waals surface area contributed by atoms with Crippen molar-refractivity contribution < 1.29 is 18.8 Å². The molecule has 2 atom stereocenters. The maximum absolute atomic E-state index is 14.4. The van der Waals surface area contributed by atoms with Crippen LogP contribution in [0.4, 0.5) is 10.2 Å². The summed E-state index contributed by atoms with van der Waals surface area (Å²) in [4.78, 5) is 56.9. The van der Waals surface area contributed by atoms with Crippen LogP contribution in [-0.4, -0.2) is 71.0 Å². The van der Waals surface area contributed by atoms with E-state index >= 15 is 0 Å². The molecule has 194 valence electrons. The van der Waals surface area contributed by atoms with E-state index in [9.17, 15) is 18.8 Å². The minimum atomic E-state index is -1.34. The maximum atomic E-state index is 14.4. The number of hydrogen-bond donors (Lipinski definition) is 1. The molecule has 5 rings (SSSR count). The van der Waals surface area contributed by atoms with Gasteiger partial charge in [0.25, 0.3) is 0 Å². The van der Waals surface area contributed by atoms with Gasteiger partial charge in [0.15, 0.2) is 5.78 Å². The van der Waals surface area contributed by atoms with E-state index in [1.54, 1.807) is 50.5 Å². The zero-order chi connectivity index (χ0) is 27.0. The lowest BCUT2D eigenvalue weighted by Crippen LogP contribution is -2.44. The summed E-state index contributed by atoms with van der Waals surface area (Å²) >= 11 is 0. The quantitative estimate of drug-likeness (QED) is 0.387. The van der Waals surface area contributed by atoms with E-state index in [0.29, 0.717) is 39.5 Å². The highest BCUT2D eigenvalue weighted by molar-refractivity contribution is 6.05. The Kier molecular flexibility index (Phi) is 6.62. The second kappa shape index (κ2) is 10.0. The van der Waals surface area contributed by atoms with Gasteiger partial charge >= 0.3 is 0 Å². The lowest BCUT2D eigenvalue weighted by Gasteiger charge is -2.23. The monoisotopic (exact) mass is 516 g/mol. The summed E-state index contributed by atoms with van der Waals surface area (Å²) in [7, 11) is 0. The fourth-order valence-corrected chi connectivity index (χ4v) is 4.49. The van der Waals surface area contributed by atoms with Gasteiger partial charge in [-0.3, -0.25) is 24.0 Å². The van der Waals surface area contributed by atoms with E-state index < -0.39 is 24.0 Å². The Balaban J connectivity index is 1.41. The van der Waals surface area contributed by atoms with Crippen LogP contribution in [0, 0.1) is 13.8 Å². The highest BCUT2D eigenvalue weighted by Gasteiger charge is 2.40. The summed E-state index contributed by atoms with van der Waals surface area (Å²) in [6, 6.07) is 5.86. The lowest BCUT2D eigenvalue weighted by molar-refractivity contribution is -0.137. The van der Waals surface area contributed by atoms with Crippen molar-refractivity contribution in [1.29, 1.82) is 0 Å². The first-order valence-electron chi connectivity index (χ1n) is 12.0. The van der Waals surface area contributed by atoms with Crippen LogP contribution < -0.4 is 5.32 Å². The molecule has 0 unspecified atom stereocenters. The third kappa shape index (κ3) is 4.97. The van der Waals surface area contributed by atoms with E-state index in [1.165, 1.54) is 22.7 Å². The SMILES string of the molecule is CC(=O)c1nn(CC(=O)N2C[C@H](F)C[C@H]2C(=O)Nc2cccc(C)n2)c2cnc(-c3cnc(C)nc3)cc12. The minimum absolute atomic E-state index is 0.120. The Morgan fingerprint density at radius 3 is 2.58 bits per heavy atom. The van der Waals surface area contributed by atoms with Crippen molar-refractivity contribution in [3.05, 3.63) is 60.1 Å². The molecule has 0 aromatic carbocycles. The Labute approximate surface area is 217 Å². The number of ketones is 1. The third-order valence-corrected chi connectivity index (χ3v) is 6.34. The molecule has 1 saturated heterocycles. The third-order valence-electron chi connectivity index (χ3n) is 6.34. The second-order valence-electron chi connectivity index (χ2n) is 9.22. The molecular formula is C26H25FN8O3. The molecule has 4 aromatic rings. The van der Waals surface area contributed by atoms with Gasteiger partial charge in [-0.25, -0.2) is 19.3 Å². The standard InChI is InChI=1S/C26H25FN8O3/c1-14-5-4-6-23(31-14)32-26(38)21-7-18(27)12-34(21)24(37)13-35-22-11-30-20(17-9-28-16(3)29-10-17)8-19(22)25(33-35)15(2)36/h4-6,8-11,18,21H,7,12-13H2,1-3H3,(H,31,32,38)/t18-,21+/m1/s1. The molecule has 2 amide bonds. The van der Waals surface area contributed by atoms with Crippen LogP contribution in [-0.2, 0) is 16.1 Å². The van der Waals surface area contributed by atoms with E-state index in [1.807, 2.05) is 0 Å². The summed E-state index contributed by atoms with van der Waals surface area (Å²) in [5.74, 6) is -0.359. The van der Waals surface area contributed by atoms with Crippen molar-refractivity contribution in [3.8, 4) is 11.3 Å². The predicted molar refractivity (Wildman–Crippen MR) is 136 cm³/mol. The van der Waals surface area contributed by atoms with Gasteiger partial charge in [-0.2, -0.15) is 5.10 Å². The van der Waals surface area contributed by atoms with Gasteiger partial charge in [0.1, 0.15) is 36.1 Å². The molecule has 4 aromatic heterocycles. The van der Waals surface area contributed by atoms with Gasteiger partial charge in [0.2, 0.25) is 11.8 Å². The zero-order valence-electron chi connectivity index (χ0n) is 21.1. The number of rotatable bonds is 6. The van der Waals surface area contributed by atoms with Crippen molar-refractivity contribution in [1.82, 2.24) is 34.6 Å². The number of anilines is 1. The molecule has 5 heterocycles. The summed E-state index contributed by atoms with van der Waals surface area (Å²) in [6.07, 6.45) is 3.33. The largest absolute Gasteiger partial charge is 0.326 e. The van der Waals surface area contributed by atoms with Crippen molar-refractivity contribution in [2.24, 2.45) is 0 Å². The predicted octanol–water partition coefficient (Wildman–Crippen LogP) is 2.68. The fraction of sp³-hybridized carbons (Fsp3) is 0.308. The topological polar surface area (TPSA) is 136 Å². The first kappa shape index (κ1) is 25.1. The molecule has 0 saturated carbocycles. The first-order valence-corrected chi connectivity index (χ1v) is 12.0. The van der Waals surface area contributed by atoms with Crippen LogP contribution in [0.25, 0.3) is 22.2 Å². The van der Waals surface area contributed by atoms with Crippen LogP contribution in [0.1, 0.15) is 35.4 Å². The van der Waals surface area contributed by atoms with E-state index in [-0.39, 0.29) is 31.0 Å². The average Bonchev–Trinajstić information content (AvgIpc) is 3.45. The maximum Gasteiger partial charge on any atom is 0.248 e. The van der Waals surface area contributed by atoms with Crippen molar-refractivity contribution >= 4 is 34.3 Å². The molecule has 0 radical (unpaired) electrons. The molecule has 1 aliphatic rings. The van der Waals surface area contributed by atoms with E-state index in [0.717, 1.165) is 0 Å². The van der Waals surface area contributed by atoms with Gasteiger partial charge in [-0.1, -0.05) is 6.07 Å². The second-order valence-corrected chi connectivity index (χ2v) is 9.22. The number of carbonyl (C=O) groups is 3. The van der Waals surface area contributed by atoms with Crippen LogP contribution >= 0.6 is 0 Å². The van der Waals surface area contributed by atoms with Crippen LogP contribution in [0.15, 0.2) is 42.9 Å². The van der Waals surface area contributed by atoms with E-state index in [4.69, 9.17) is 0 Å². The molecule has 1 aliphatic heterocycles. The molecule has 0 aliphatic carbocycles.